The van der Waals surface area contributed by atoms with Crippen LogP contribution in [0.1, 0.15) is 5.56 Å². The number of nitrogens with zero attached hydrogens (tertiary/aromatic N) is 1. The number of anilines is 2. The Hall–Kier alpha value is -1.59. The number of aryl methyl sites for hydroxylation is 1. The summed E-state index contributed by atoms with van der Waals surface area (Å²) in [5, 5.41) is 14.2. The third kappa shape index (κ3) is 2.88. The molecule has 0 aliphatic heterocycles. The van der Waals surface area contributed by atoms with Gasteiger partial charge in [0.15, 0.2) is 0 Å². The lowest BCUT2D eigenvalue weighted by atomic mass is 10.2. The first-order valence-electron chi connectivity index (χ1n) is 5.45. The minimum atomic E-state index is -0.492. The van der Waals surface area contributed by atoms with Gasteiger partial charge in [0.05, 0.1) is 10.6 Å². The minimum Gasteiger partial charge on any atom is -0.349 e. The zero-order chi connectivity index (χ0) is 14.0. The van der Waals surface area contributed by atoms with Crippen LogP contribution in [0, 0.1) is 17.0 Å². The molecular formula is C13H10BrClN2O2. The van der Waals surface area contributed by atoms with Crippen molar-refractivity contribution in [2.24, 2.45) is 0 Å². The smallest absolute Gasteiger partial charge is 0.311 e. The number of hydrogen-bond donors (Lipinski definition) is 1. The highest BCUT2D eigenvalue weighted by Crippen LogP contribution is 2.36. The molecule has 1 N–H and O–H groups in total. The van der Waals surface area contributed by atoms with E-state index < -0.39 is 4.92 Å². The number of hydrogen-bond acceptors (Lipinski definition) is 3. The average molecular weight is 342 g/mol. The third-order valence-corrected chi connectivity index (χ3v) is 3.99. The first-order valence-corrected chi connectivity index (χ1v) is 6.63. The highest BCUT2D eigenvalue weighted by Gasteiger charge is 2.19. The summed E-state index contributed by atoms with van der Waals surface area (Å²) in [5.41, 5.74) is 2.03. The molecule has 2 rings (SSSR count). The predicted molar refractivity (Wildman–Crippen MR) is 80.3 cm³/mol. The van der Waals surface area contributed by atoms with E-state index in [2.05, 4.69) is 21.2 Å². The molecule has 2 aromatic carbocycles. The Morgan fingerprint density at radius 1 is 1.21 bits per heavy atom. The second-order valence-corrected chi connectivity index (χ2v) is 5.15. The summed E-state index contributed by atoms with van der Waals surface area (Å²) in [6.45, 7) is 1.95. The number of nitro groups is 1. The van der Waals surface area contributed by atoms with Gasteiger partial charge in [-0.3, -0.25) is 10.1 Å². The zero-order valence-electron chi connectivity index (χ0n) is 9.98. The van der Waals surface area contributed by atoms with E-state index in [0.717, 1.165) is 15.7 Å². The number of halogens is 2. The molecule has 0 atom stereocenters. The van der Waals surface area contributed by atoms with Gasteiger partial charge >= 0.3 is 5.69 Å². The highest BCUT2D eigenvalue weighted by molar-refractivity contribution is 9.10. The molecule has 0 saturated carbocycles. The first-order chi connectivity index (χ1) is 9.00. The topological polar surface area (TPSA) is 55.2 Å². The Kier molecular flexibility index (Phi) is 4.07. The summed E-state index contributed by atoms with van der Waals surface area (Å²) >= 11 is 9.32. The maximum absolute atomic E-state index is 11.1. The van der Waals surface area contributed by atoms with E-state index in [-0.39, 0.29) is 10.7 Å². The van der Waals surface area contributed by atoms with Gasteiger partial charge < -0.3 is 5.32 Å². The second-order valence-electron chi connectivity index (χ2n) is 3.95. The Bertz CT molecular complexity index is 647. The van der Waals surface area contributed by atoms with E-state index in [1.807, 2.05) is 25.1 Å². The fourth-order valence-electron chi connectivity index (χ4n) is 1.69. The van der Waals surface area contributed by atoms with E-state index in [1.54, 1.807) is 12.1 Å². The second kappa shape index (κ2) is 5.59. The van der Waals surface area contributed by atoms with Crippen molar-refractivity contribution in [3.05, 3.63) is 61.6 Å². The Morgan fingerprint density at radius 2 is 1.84 bits per heavy atom. The van der Waals surface area contributed by atoms with Crippen LogP contribution in [-0.2, 0) is 0 Å². The van der Waals surface area contributed by atoms with Crippen LogP contribution < -0.4 is 5.32 Å². The van der Waals surface area contributed by atoms with Gasteiger partial charge in [-0.1, -0.05) is 29.8 Å². The molecule has 6 heteroatoms. The van der Waals surface area contributed by atoms with Crippen LogP contribution in [0.5, 0.6) is 0 Å². The summed E-state index contributed by atoms with van der Waals surface area (Å²) in [6, 6.07) is 10.4. The minimum absolute atomic E-state index is 0.110. The van der Waals surface area contributed by atoms with E-state index in [1.165, 1.54) is 6.07 Å². The number of benzene rings is 2. The molecule has 0 bridgehead atoms. The Labute approximate surface area is 123 Å². The lowest BCUT2D eigenvalue weighted by Crippen LogP contribution is -1.98. The van der Waals surface area contributed by atoms with E-state index >= 15 is 0 Å². The molecule has 2 aromatic rings. The monoisotopic (exact) mass is 340 g/mol. The Balaban J connectivity index is 2.47. The van der Waals surface area contributed by atoms with Gasteiger partial charge in [-0.25, -0.2) is 0 Å². The highest BCUT2D eigenvalue weighted by atomic mass is 79.9. The van der Waals surface area contributed by atoms with Crippen molar-refractivity contribution in [2.75, 3.05) is 5.32 Å². The van der Waals surface area contributed by atoms with Crippen LogP contribution in [0.3, 0.4) is 0 Å². The van der Waals surface area contributed by atoms with Crippen molar-refractivity contribution in [1.82, 2.24) is 0 Å². The van der Waals surface area contributed by atoms with Crippen LogP contribution in [0.25, 0.3) is 0 Å². The van der Waals surface area contributed by atoms with Crippen LogP contribution in [-0.4, -0.2) is 4.92 Å². The van der Waals surface area contributed by atoms with Gasteiger partial charge in [-0.2, -0.15) is 0 Å². The third-order valence-electron chi connectivity index (χ3n) is 2.63. The number of para-hydroxylation sites is 1. The van der Waals surface area contributed by atoms with Crippen molar-refractivity contribution < 1.29 is 4.92 Å². The number of nitrogens with one attached hydrogen (secondary N) is 1. The van der Waals surface area contributed by atoms with Crippen LogP contribution in [0.4, 0.5) is 17.1 Å². The molecule has 4 nitrogen and oxygen atoms in total. The van der Waals surface area contributed by atoms with Crippen molar-refractivity contribution in [2.45, 2.75) is 6.92 Å². The molecule has 0 aromatic heterocycles. The fraction of sp³-hybridized carbons (Fsp3) is 0.0769. The van der Waals surface area contributed by atoms with Gasteiger partial charge in [0, 0.05) is 4.47 Å². The van der Waals surface area contributed by atoms with E-state index in [9.17, 15) is 10.1 Å². The van der Waals surface area contributed by atoms with Crippen molar-refractivity contribution in [3.63, 3.8) is 0 Å². The van der Waals surface area contributed by atoms with Crippen LogP contribution in [0.15, 0.2) is 40.9 Å². The maximum Gasteiger partial charge on any atom is 0.311 e. The molecule has 19 heavy (non-hydrogen) atoms. The van der Waals surface area contributed by atoms with Crippen LogP contribution in [0.2, 0.25) is 5.02 Å². The normalized spacial score (nSPS) is 10.3. The maximum atomic E-state index is 11.1. The first kappa shape index (κ1) is 13.8. The fourth-order valence-corrected chi connectivity index (χ4v) is 2.30. The quantitative estimate of drug-likeness (QED) is 0.627. The number of nitro benzene ring substituents is 1. The summed E-state index contributed by atoms with van der Waals surface area (Å²) in [6.07, 6.45) is 0. The molecule has 0 aliphatic rings. The average Bonchev–Trinajstić information content (AvgIpc) is 2.34. The lowest BCUT2D eigenvalue weighted by Gasteiger charge is -2.11. The molecule has 98 valence electrons. The largest absolute Gasteiger partial charge is 0.349 e. The van der Waals surface area contributed by atoms with Gasteiger partial charge in [-0.05, 0) is 46.6 Å². The molecule has 0 amide bonds. The predicted octanol–water partition coefficient (Wildman–Crippen LogP) is 5.06. The molecule has 0 heterocycles. The van der Waals surface area contributed by atoms with Gasteiger partial charge in [-0.15, -0.1) is 0 Å². The standard InChI is InChI=1S/C13H10BrClN2O2/c1-8-4-2-6-10(12(8)14)16-11-7-3-5-9(15)13(11)17(18)19/h2-7,16H,1H3. The summed E-state index contributed by atoms with van der Waals surface area (Å²) in [4.78, 5) is 10.6. The molecule has 0 saturated heterocycles. The van der Waals surface area contributed by atoms with Crippen molar-refractivity contribution >= 4 is 44.6 Å². The molecule has 0 radical (unpaired) electrons. The Morgan fingerprint density at radius 3 is 2.53 bits per heavy atom. The van der Waals surface area contributed by atoms with E-state index in [0.29, 0.717) is 5.69 Å². The van der Waals surface area contributed by atoms with Gasteiger partial charge in [0.25, 0.3) is 0 Å². The van der Waals surface area contributed by atoms with Crippen LogP contribution >= 0.6 is 27.5 Å². The summed E-state index contributed by atoms with van der Waals surface area (Å²) in [5.74, 6) is 0. The molecule has 0 fully saturated rings. The summed E-state index contributed by atoms with van der Waals surface area (Å²) < 4.78 is 0.865. The van der Waals surface area contributed by atoms with Crippen molar-refractivity contribution in [3.8, 4) is 0 Å². The molecular weight excluding hydrogens is 332 g/mol. The summed E-state index contributed by atoms with van der Waals surface area (Å²) in [7, 11) is 0. The van der Waals surface area contributed by atoms with Gasteiger partial charge in [0.1, 0.15) is 10.7 Å². The molecule has 0 aliphatic carbocycles. The molecule has 0 unspecified atom stereocenters. The van der Waals surface area contributed by atoms with Gasteiger partial charge in [0.2, 0.25) is 0 Å². The molecule has 0 spiro atoms. The van der Waals surface area contributed by atoms with E-state index in [4.69, 9.17) is 11.6 Å². The number of rotatable bonds is 3. The SMILES string of the molecule is Cc1cccc(Nc2cccc(Cl)c2[N+](=O)[O-])c1Br. The zero-order valence-corrected chi connectivity index (χ0v) is 12.3. The lowest BCUT2D eigenvalue weighted by molar-refractivity contribution is -0.383. The van der Waals surface area contributed by atoms with Crippen molar-refractivity contribution in [1.29, 1.82) is 0 Å².